The summed E-state index contributed by atoms with van der Waals surface area (Å²) in [5.74, 6) is -0.340. The number of nitrogens with two attached hydrogens (primary N) is 2. The fourth-order valence-electron chi connectivity index (χ4n) is 1.81. The first-order valence-corrected chi connectivity index (χ1v) is 8.61. The second-order valence-corrected chi connectivity index (χ2v) is 5.26. The van der Waals surface area contributed by atoms with Gasteiger partial charge in [0.2, 0.25) is 11.8 Å². The maximum atomic E-state index is 10.3. The average molecular weight is 315 g/mol. The predicted octanol–water partition coefficient (Wildman–Crippen LogP) is 4.47. The van der Waals surface area contributed by atoms with Crippen molar-refractivity contribution in [1.29, 1.82) is 0 Å². The third-order valence-corrected chi connectivity index (χ3v) is 3.05. The predicted molar refractivity (Wildman–Crippen MR) is 96.4 cm³/mol. The van der Waals surface area contributed by atoms with Crippen molar-refractivity contribution >= 4 is 11.8 Å². The molecule has 4 heteroatoms. The lowest BCUT2D eigenvalue weighted by molar-refractivity contribution is -0.119. The molecule has 0 unspecified atom stereocenters. The SMILES string of the molecule is C=C.CCCCCCCC(N)=O.CCCCCCCC(N)=O. The Morgan fingerprint density at radius 2 is 0.909 bits per heavy atom. The number of rotatable bonds is 12. The highest BCUT2D eigenvalue weighted by Gasteiger charge is 1.93. The van der Waals surface area contributed by atoms with Crippen molar-refractivity contribution in [2.24, 2.45) is 11.5 Å². The van der Waals surface area contributed by atoms with Gasteiger partial charge in [-0.2, -0.15) is 0 Å². The zero-order chi connectivity index (χ0) is 17.6. The largest absolute Gasteiger partial charge is 0.370 e. The number of carbonyl (C=O) groups excluding carboxylic acids is 2. The van der Waals surface area contributed by atoms with E-state index < -0.39 is 0 Å². The van der Waals surface area contributed by atoms with Crippen LogP contribution in [0.15, 0.2) is 13.2 Å². The molecule has 0 bridgehead atoms. The first-order valence-electron chi connectivity index (χ1n) is 8.61. The summed E-state index contributed by atoms with van der Waals surface area (Å²) in [6, 6.07) is 0. The maximum Gasteiger partial charge on any atom is 0.217 e. The van der Waals surface area contributed by atoms with Crippen LogP contribution in [0, 0.1) is 0 Å². The first-order chi connectivity index (χ1) is 10.5. The molecule has 0 saturated heterocycles. The van der Waals surface area contributed by atoms with Crippen LogP contribution in [0.2, 0.25) is 0 Å². The van der Waals surface area contributed by atoms with Gasteiger partial charge in [0.25, 0.3) is 0 Å². The van der Waals surface area contributed by atoms with E-state index in [9.17, 15) is 9.59 Å². The molecule has 0 fully saturated rings. The van der Waals surface area contributed by atoms with Crippen LogP contribution in [0.25, 0.3) is 0 Å². The standard InChI is InChI=1S/2C8H17NO.C2H4/c2*1-2-3-4-5-6-7-8(9)10;1-2/h2*2-7H2,1H3,(H2,9,10);1-2H2. The van der Waals surface area contributed by atoms with Gasteiger partial charge in [0.1, 0.15) is 0 Å². The lowest BCUT2D eigenvalue weighted by Gasteiger charge is -1.95. The van der Waals surface area contributed by atoms with Crippen molar-refractivity contribution < 1.29 is 9.59 Å². The number of hydrogen-bond donors (Lipinski definition) is 2. The number of primary amides is 2. The lowest BCUT2D eigenvalue weighted by atomic mass is 10.1. The molecular weight excluding hydrogens is 276 g/mol. The molecule has 0 heterocycles. The van der Waals surface area contributed by atoms with Crippen molar-refractivity contribution in [3.8, 4) is 0 Å². The molecule has 0 aliphatic carbocycles. The van der Waals surface area contributed by atoms with Crippen LogP contribution in [0.5, 0.6) is 0 Å². The molecule has 0 aliphatic heterocycles. The van der Waals surface area contributed by atoms with Gasteiger partial charge in [-0.1, -0.05) is 65.2 Å². The van der Waals surface area contributed by atoms with Crippen molar-refractivity contribution in [2.45, 2.75) is 90.9 Å². The van der Waals surface area contributed by atoms with Crippen LogP contribution in [-0.2, 0) is 9.59 Å². The van der Waals surface area contributed by atoms with E-state index in [1.807, 2.05) is 0 Å². The number of unbranched alkanes of at least 4 members (excludes halogenated alkanes) is 8. The molecule has 4 nitrogen and oxygen atoms in total. The summed E-state index contributed by atoms with van der Waals surface area (Å²) in [6.07, 6.45) is 12.9. The van der Waals surface area contributed by atoms with E-state index in [1.54, 1.807) is 0 Å². The summed E-state index contributed by atoms with van der Waals surface area (Å²) >= 11 is 0. The fraction of sp³-hybridized carbons (Fsp3) is 0.778. The minimum Gasteiger partial charge on any atom is -0.370 e. The van der Waals surface area contributed by atoms with Gasteiger partial charge in [-0.3, -0.25) is 9.59 Å². The Morgan fingerprint density at radius 3 is 1.14 bits per heavy atom. The maximum absolute atomic E-state index is 10.3. The minimum absolute atomic E-state index is 0.170. The second-order valence-electron chi connectivity index (χ2n) is 5.26. The molecule has 0 spiro atoms. The minimum atomic E-state index is -0.170. The van der Waals surface area contributed by atoms with Crippen LogP contribution in [0.3, 0.4) is 0 Å². The molecule has 0 atom stereocenters. The summed E-state index contributed by atoms with van der Waals surface area (Å²) in [5, 5.41) is 0. The topological polar surface area (TPSA) is 86.2 Å². The molecule has 0 rings (SSSR count). The van der Waals surface area contributed by atoms with Gasteiger partial charge < -0.3 is 11.5 Å². The van der Waals surface area contributed by atoms with Crippen LogP contribution < -0.4 is 11.5 Å². The van der Waals surface area contributed by atoms with Crippen molar-refractivity contribution in [3.05, 3.63) is 13.2 Å². The van der Waals surface area contributed by atoms with E-state index in [2.05, 4.69) is 27.0 Å². The van der Waals surface area contributed by atoms with Crippen molar-refractivity contribution in [3.63, 3.8) is 0 Å². The lowest BCUT2D eigenvalue weighted by Crippen LogP contribution is -2.09. The molecule has 0 aromatic heterocycles. The molecule has 0 aromatic carbocycles. The van der Waals surface area contributed by atoms with E-state index in [0.29, 0.717) is 12.8 Å². The smallest absolute Gasteiger partial charge is 0.217 e. The van der Waals surface area contributed by atoms with Gasteiger partial charge in [0.05, 0.1) is 0 Å². The third-order valence-electron chi connectivity index (χ3n) is 3.05. The zero-order valence-electron chi connectivity index (χ0n) is 14.9. The van der Waals surface area contributed by atoms with Gasteiger partial charge in [0.15, 0.2) is 0 Å². The van der Waals surface area contributed by atoms with Gasteiger partial charge >= 0.3 is 0 Å². The molecule has 0 saturated carbocycles. The van der Waals surface area contributed by atoms with Crippen molar-refractivity contribution in [2.75, 3.05) is 0 Å². The highest BCUT2D eigenvalue weighted by molar-refractivity contribution is 5.73. The molecule has 22 heavy (non-hydrogen) atoms. The van der Waals surface area contributed by atoms with Gasteiger partial charge in [-0.25, -0.2) is 0 Å². The molecule has 132 valence electrons. The zero-order valence-corrected chi connectivity index (χ0v) is 14.9. The van der Waals surface area contributed by atoms with E-state index in [1.165, 1.54) is 38.5 Å². The second kappa shape index (κ2) is 24.7. The highest BCUT2D eigenvalue weighted by atomic mass is 16.1. The Balaban J connectivity index is -0.000000294. The van der Waals surface area contributed by atoms with Crippen LogP contribution in [0.4, 0.5) is 0 Å². The van der Waals surface area contributed by atoms with E-state index in [0.717, 1.165) is 25.7 Å². The van der Waals surface area contributed by atoms with E-state index in [-0.39, 0.29) is 11.8 Å². The molecule has 0 radical (unpaired) electrons. The van der Waals surface area contributed by atoms with Crippen LogP contribution in [0.1, 0.15) is 90.9 Å². The third kappa shape index (κ3) is 36.3. The summed E-state index contributed by atoms with van der Waals surface area (Å²) < 4.78 is 0. The summed E-state index contributed by atoms with van der Waals surface area (Å²) in [4.78, 5) is 20.5. The molecular formula is C18H38N2O2. The van der Waals surface area contributed by atoms with Crippen molar-refractivity contribution in [1.82, 2.24) is 0 Å². The average Bonchev–Trinajstić information content (AvgIpc) is 2.49. The normalized spacial score (nSPS) is 9.00. The number of hydrogen-bond acceptors (Lipinski definition) is 2. The first kappa shape index (κ1) is 25.6. The van der Waals surface area contributed by atoms with E-state index in [4.69, 9.17) is 11.5 Å². The Labute approximate surface area is 137 Å². The van der Waals surface area contributed by atoms with Crippen LogP contribution >= 0.6 is 0 Å². The Morgan fingerprint density at radius 1 is 0.636 bits per heavy atom. The van der Waals surface area contributed by atoms with E-state index >= 15 is 0 Å². The van der Waals surface area contributed by atoms with Gasteiger partial charge in [-0.15, -0.1) is 13.2 Å². The molecule has 0 aromatic rings. The summed E-state index contributed by atoms with van der Waals surface area (Å²) in [6.45, 7) is 10.3. The molecule has 2 amide bonds. The van der Waals surface area contributed by atoms with Crippen LogP contribution in [-0.4, -0.2) is 11.8 Å². The Bertz CT molecular complexity index is 219. The summed E-state index contributed by atoms with van der Waals surface area (Å²) in [5.41, 5.74) is 9.94. The number of amides is 2. The Hall–Kier alpha value is -1.32. The van der Waals surface area contributed by atoms with Gasteiger partial charge in [-0.05, 0) is 12.8 Å². The number of carbonyl (C=O) groups is 2. The Kier molecular flexibility index (Phi) is 28.7. The van der Waals surface area contributed by atoms with Gasteiger partial charge in [0, 0.05) is 12.8 Å². The highest BCUT2D eigenvalue weighted by Crippen LogP contribution is 2.04. The fourth-order valence-corrected chi connectivity index (χ4v) is 1.81. The quantitative estimate of drug-likeness (QED) is 0.411. The molecule has 0 aliphatic rings. The summed E-state index contributed by atoms with van der Waals surface area (Å²) in [7, 11) is 0. The monoisotopic (exact) mass is 314 g/mol. The molecule has 4 N–H and O–H groups in total.